The number of ether oxygens (including phenoxy) is 1. The third kappa shape index (κ3) is 5.30. The molecule has 2 N–H and O–H groups in total. The van der Waals surface area contributed by atoms with Gasteiger partial charge in [0.2, 0.25) is 5.91 Å². The Morgan fingerprint density at radius 2 is 2.14 bits per heavy atom. The number of hydrogen-bond donors (Lipinski definition) is 1. The molecule has 2 atom stereocenters. The molecular formula is C16H25ClN2O2. The maximum atomic E-state index is 12.4. The molecule has 5 heteroatoms. The molecule has 1 amide bonds. The second kappa shape index (κ2) is 9.03. The Balaban J connectivity index is 0.00000220. The fraction of sp³-hybridized carbons (Fsp3) is 0.562. The minimum Gasteiger partial charge on any atom is -0.384 e. The molecule has 1 fully saturated rings. The largest absolute Gasteiger partial charge is 0.384 e. The molecule has 118 valence electrons. The van der Waals surface area contributed by atoms with Crippen LogP contribution in [0.15, 0.2) is 30.3 Å². The second-order valence-electron chi connectivity index (χ2n) is 5.54. The van der Waals surface area contributed by atoms with Gasteiger partial charge in [-0.15, -0.1) is 12.4 Å². The van der Waals surface area contributed by atoms with Crippen LogP contribution in [0.2, 0.25) is 0 Å². The smallest absolute Gasteiger partial charge is 0.239 e. The van der Waals surface area contributed by atoms with Crippen molar-refractivity contribution in [3.05, 3.63) is 35.9 Å². The summed E-state index contributed by atoms with van der Waals surface area (Å²) < 4.78 is 5.20. The first-order chi connectivity index (χ1) is 9.70. The van der Waals surface area contributed by atoms with Crippen LogP contribution >= 0.6 is 12.4 Å². The second-order valence-corrected chi connectivity index (χ2v) is 5.54. The fourth-order valence-corrected chi connectivity index (χ4v) is 2.83. The highest BCUT2D eigenvalue weighted by molar-refractivity contribution is 5.85. The van der Waals surface area contributed by atoms with Gasteiger partial charge in [-0.2, -0.15) is 0 Å². The lowest BCUT2D eigenvalue weighted by atomic mass is 9.97. The van der Waals surface area contributed by atoms with Gasteiger partial charge in [-0.05, 0) is 30.7 Å². The van der Waals surface area contributed by atoms with Gasteiger partial charge in [-0.3, -0.25) is 4.79 Å². The van der Waals surface area contributed by atoms with Crippen LogP contribution < -0.4 is 5.73 Å². The van der Waals surface area contributed by atoms with Gasteiger partial charge >= 0.3 is 0 Å². The summed E-state index contributed by atoms with van der Waals surface area (Å²) in [6, 6.07) is 9.49. The van der Waals surface area contributed by atoms with Crippen molar-refractivity contribution in [2.24, 2.45) is 11.7 Å². The van der Waals surface area contributed by atoms with E-state index in [4.69, 9.17) is 10.5 Å². The van der Waals surface area contributed by atoms with E-state index in [9.17, 15) is 4.79 Å². The number of amides is 1. The van der Waals surface area contributed by atoms with Crippen LogP contribution in [0.5, 0.6) is 0 Å². The molecule has 2 rings (SSSR count). The monoisotopic (exact) mass is 312 g/mol. The topological polar surface area (TPSA) is 55.6 Å². The summed E-state index contributed by atoms with van der Waals surface area (Å²) in [5.74, 6) is 0.510. The van der Waals surface area contributed by atoms with Gasteiger partial charge in [0.25, 0.3) is 0 Å². The van der Waals surface area contributed by atoms with Crippen molar-refractivity contribution in [2.75, 3.05) is 26.8 Å². The zero-order valence-electron chi connectivity index (χ0n) is 12.5. The summed E-state index contributed by atoms with van der Waals surface area (Å²) in [6.07, 6.45) is 2.77. The lowest BCUT2D eigenvalue weighted by molar-refractivity contribution is -0.134. The summed E-state index contributed by atoms with van der Waals surface area (Å²) in [7, 11) is 1.71. The predicted octanol–water partition coefficient (Wildman–Crippen LogP) is 1.86. The van der Waals surface area contributed by atoms with E-state index in [2.05, 4.69) is 0 Å². The van der Waals surface area contributed by atoms with Crippen molar-refractivity contribution >= 4 is 18.3 Å². The molecule has 0 spiro atoms. The molecule has 4 nitrogen and oxygen atoms in total. The van der Waals surface area contributed by atoms with Crippen LogP contribution in [0.1, 0.15) is 18.4 Å². The van der Waals surface area contributed by atoms with E-state index >= 15 is 0 Å². The van der Waals surface area contributed by atoms with Crippen molar-refractivity contribution in [2.45, 2.75) is 25.3 Å². The van der Waals surface area contributed by atoms with Crippen LogP contribution in [0.3, 0.4) is 0 Å². The molecule has 1 saturated heterocycles. The maximum absolute atomic E-state index is 12.4. The number of rotatable bonds is 5. The highest BCUT2D eigenvalue weighted by Gasteiger charge is 2.27. The number of methoxy groups -OCH3 is 1. The normalized spacial score (nSPS) is 19.7. The minimum absolute atomic E-state index is 0. The van der Waals surface area contributed by atoms with E-state index in [-0.39, 0.29) is 18.3 Å². The van der Waals surface area contributed by atoms with Crippen molar-refractivity contribution in [1.29, 1.82) is 0 Å². The third-order valence-electron chi connectivity index (χ3n) is 3.85. The van der Waals surface area contributed by atoms with Crippen LogP contribution in [0.25, 0.3) is 0 Å². The zero-order chi connectivity index (χ0) is 14.4. The summed E-state index contributed by atoms with van der Waals surface area (Å²) in [4.78, 5) is 14.3. The number of carbonyl (C=O) groups is 1. The van der Waals surface area contributed by atoms with Gasteiger partial charge < -0.3 is 15.4 Å². The molecule has 0 bridgehead atoms. The standard InChI is InChI=1S/C16H24N2O2.ClH/c1-20-12-14-8-5-9-18(11-14)16(19)15(17)10-13-6-3-2-4-7-13;/h2-4,6-7,14-15H,5,8-12,17H2,1H3;1H/t14?,15-;/m0./s1. The van der Waals surface area contributed by atoms with Crippen LogP contribution in [-0.4, -0.2) is 43.7 Å². The molecule has 1 heterocycles. The molecular weight excluding hydrogens is 288 g/mol. The number of halogens is 1. The van der Waals surface area contributed by atoms with E-state index in [1.54, 1.807) is 7.11 Å². The molecule has 0 saturated carbocycles. The number of nitrogens with zero attached hydrogens (tertiary/aromatic N) is 1. The number of carbonyl (C=O) groups excluding carboxylic acids is 1. The van der Waals surface area contributed by atoms with Crippen molar-refractivity contribution in [3.8, 4) is 0 Å². The molecule has 1 aromatic rings. The zero-order valence-corrected chi connectivity index (χ0v) is 13.3. The number of benzene rings is 1. The highest BCUT2D eigenvalue weighted by atomic mass is 35.5. The van der Waals surface area contributed by atoms with E-state index in [0.29, 0.717) is 12.3 Å². The maximum Gasteiger partial charge on any atom is 0.239 e. The average molecular weight is 313 g/mol. The van der Waals surface area contributed by atoms with E-state index in [1.807, 2.05) is 35.2 Å². The van der Waals surface area contributed by atoms with Crippen LogP contribution in [0.4, 0.5) is 0 Å². The number of piperidine rings is 1. The Hall–Kier alpha value is -1.10. The fourth-order valence-electron chi connectivity index (χ4n) is 2.83. The Morgan fingerprint density at radius 3 is 2.81 bits per heavy atom. The first kappa shape index (κ1) is 18.0. The lowest BCUT2D eigenvalue weighted by Crippen LogP contribution is -2.49. The molecule has 1 unspecified atom stereocenters. The summed E-state index contributed by atoms with van der Waals surface area (Å²) >= 11 is 0. The first-order valence-corrected chi connectivity index (χ1v) is 7.28. The van der Waals surface area contributed by atoms with Gasteiger partial charge in [0, 0.05) is 20.2 Å². The lowest BCUT2D eigenvalue weighted by Gasteiger charge is -2.34. The molecule has 1 aliphatic heterocycles. The highest BCUT2D eigenvalue weighted by Crippen LogP contribution is 2.17. The van der Waals surface area contributed by atoms with Crippen molar-refractivity contribution in [1.82, 2.24) is 4.90 Å². The van der Waals surface area contributed by atoms with E-state index in [0.717, 1.165) is 38.1 Å². The van der Waals surface area contributed by atoms with E-state index in [1.165, 1.54) is 0 Å². The first-order valence-electron chi connectivity index (χ1n) is 7.28. The van der Waals surface area contributed by atoms with Crippen molar-refractivity contribution < 1.29 is 9.53 Å². The van der Waals surface area contributed by atoms with Crippen LogP contribution in [-0.2, 0) is 16.0 Å². The molecule has 0 aromatic heterocycles. The Kier molecular flexibility index (Phi) is 7.72. The number of nitrogens with two attached hydrogens (primary N) is 1. The minimum atomic E-state index is -0.446. The summed E-state index contributed by atoms with van der Waals surface area (Å²) in [5.41, 5.74) is 7.19. The molecule has 0 radical (unpaired) electrons. The SMILES string of the molecule is COCC1CCCN(C(=O)[C@@H](N)Cc2ccccc2)C1.Cl. The number of hydrogen-bond acceptors (Lipinski definition) is 3. The van der Waals surface area contributed by atoms with E-state index < -0.39 is 6.04 Å². The van der Waals surface area contributed by atoms with Crippen molar-refractivity contribution in [3.63, 3.8) is 0 Å². The summed E-state index contributed by atoms with van der Waals surface area (Å²) in [6.45, 7) is 2.31. The van der Waals surface area contributed by atoms with Gasteiger partial charge in [-0.25, -0.2) is 0 Å². The Labute approximate surface area is 133 Å². The predicted molar refractivity (Wildman–Crippen MR) is 86.5 cm³/mol. The van der Waals surface area contributed by atoms with Gasteiger partial charge in [0.05, 0.1) is 12.6 Å². The molecule has 0 aliphatic carbocycles. The van der Waals surface area contributed by atoms with Crippen LogP contribution in [0, 0.1) is 5.92 Å². The van der Waals surface area contributed by atoms with Gasteiger partial charge in [0.15, 0.2) is 0 Å². The number of likely N-dealkylation sites (tertiary alicyclic amines) is 1. The summed E-state index contributed by atoms with van der Waals surface area (Å²) in [5, 5.41) is 0. The Morgan fingerprint density at radius 1 is 1.43 bits per heavy atom. The molecule has 21 heavy (non-hydrogen) atoms. The average Bonchev–Trinajstić information content (AvgIpc) is 2.48. The molecule has 1 aromatic carbocycles. The molecule has 1 aliphatic rings. The van der Waals surface area contributed by atoms with Gasteiger partial charge in [-0.1, -0.05) is 30.3 Å². The quantitative estimate of drug-likeness (QED) is 0.903. The Bertz CT molecular complexity index is 426. The van der Waals surface area contributed by atoms with Gasteiger partial charge in [0.1, 0.15) is 0 Å². The third-order valence-corrected chi connectivity index (χ3v) is 3.85.